The second-order valence-corrected chi connectivity index (χ2v) is 11.3. The number of aryl methyl sites for hydroxylation is 4. The second-order valence-electron chi connectivity index (χ2n) is 11.3. The maximum Gasteiger partial charge on any atom is 0.333 e. The highest BCUT2D eigenvalue weighted by Crippen LogP contribution is 2.38. The lowest BCUT2D eigenvalue weighted by Crippen LogP contribution is -2.30. The summed E-state index contributed by atoms with van der Waals surface area (Å²) in [5.41, 5.74) is 10.8. The Balaban J connectivity index is 1.32. The number of rotatable bonds is 12. The Labute approximate surface area is 249 Å². The van der Waals surface area contributed by atoms with Gasteiger partial charge < -0.3 is 14.6 Å². The molecular weight excluding hydrogens is 522 g/mol. The third kappa shape index (κ3) is 7.10. The SMILES string of the molecule is COC(Cc1ccc(OCCN(C)C2c3ccc(C)cc3CCc3c(CCc4ccccc4)cccc32)cc1)C(=O)O. The summed E-state index contributed by atoms with van der Waals surface area (Å²) in [4.78, 5) is 13.7. The summed E-state index contributed by atoms with van der Waals surface area (Å²) in [7, 11) is 3.62. The highest BCUT2D eigenvalue weighted by atomic mass is 16.5. The summed E-state index contributed by atoms with van der Waals surface area (Å²) in [5.74, 6) is -0.182. The van der Waals surface area contributed by atoms with E-state index in [-0.39, 0.29) is 6.04 Å². The number of benzene rings is 4. The molecule has 42 heavy (non-hydrogen) atoms. The first-order chi connectivity index (χ1) is 20.4. The van der Waals surface area contributed by atoms with E-state index in [9.17, 15) is 9.90 Å². The molecule has 1 aliphatic carbocycles. The van der Waals surface area contributed by atoms with Gasteiger partial charge in [-0.05, 0) is 90.7 Å². The zero-order chi connectivity index (χ0) is 29.5. The van der Waals surface area contributed by atoms with Crippen LogP contribution in [0.1, 0.15) is 50.5 Å². The zero-order valence-corrected chi connectivity index (χ0v) is 24.9. The Bertz CT molecular complexity index is 1480. The minimum Gasteiger partial charge on any atom is -0.492 e. The fourth-order valence-corrected chi connectivity index (χ4v) is 6.14. The van der Waals surface area contributed by atoms with Gasteiger partial charge in [-0.15, -0.1) is 0 Å². The van der Waals surface area contributed by atoms with Crippen LogP contribution < -0.4 is 4.74 Å². The number of carboxylic acids is 1. The lowest BCUT2D eigenvalue weighted by atomic mass is 9.89. The number of hydrogen-bond donors (Lipinski definition) is 1. The lowest BCUT2D eigenvalue weighted by molar-refractivity contribution is -0.148. The van der Waals surface area contributed by atoms with E-state index in [1.54, 1.807) is 0 Å². The van der Waals surface area contributed by atoms with Crippen LogP contribution in [0.15, 0.2) is 91.0 Å². The molecule has 0 saturated heterocycles. The summed E-state index contributed by atoms with van der Waals surface area (Å²) >= 11 is 0. The van der Waals surface area contributed by atoms with Crippen molar-refractivity contribution in [1.29, 1.82) is 0 Å². The minimum absolute atomic E-state index is 0.155. The average Bonchev–Trinajstić information content (AvgIpc) is 3.16. The van der Waals surface area contributed by atoms with Crippen LogP contribution in [0.5, 0.6) is 5.75 Å². The topological polar surface area (TPSA) is 59.0 Å². The molecule has 5 heteroatoms. The smallest absolute Gasteiger partial charge is 0.333 e. The van der Waals surface area contributed by atoms with Crippen LogP contribution in [-0.4, -0.2) is 49.4 Å². The summed E-state index contributed by atoms with van der Waals surface area (Å²) in [6, 6.07) is 32.3. The van der Waals surface area contributed by atoms with E-state index in [2.05, 4.69) is 85.6 Å². The predicted octanol–water partition coefficient (Wildman–Crippen LogP) is 6.62. The van der Waals surface area contributed by atoms with Gasteiger partial charge in [0.2, 0.25) is 0 Å². The van der Waals surface area contributed by atoms with Gasteiger partial charge in [0, 0.05) is 20.1 Å². The molecule has 5 rings (SSSR count). The molecule has 218 valence electrons. The molecule has 4 aromatic carbocycles. The molecule has 0 heterocycles. The quantitative estimate of drug-likeness (QED) is 0.210. The highest BCUT2D eigenvalue weighted by molar-refractivity contribution is 5.72. The number of fused-ring (bicyclic) bond motifs is 2. The van der Waals surface area contributed by atoms with E-state index in [4.69, 9.17) is 9.47 Å². The Morgan fingerprint density at radius 1 is 0.905 bits per heavy atom. The highest BCUT2D eigenvalue weighted by Gasteiger charge is 2.28. The summed E-state index contributed by atoms with van der Waals surface area (Å²) in [6.07, 6.45) is 3.65. The van der Waals surface area contributed by atoms with Gasteiger partial charge >= 0.3 is 5.97 Å². The Morgan fingerprint density at radius 3 is 2.43 bits per heavy atom. The number of carboxylic acid groups (broad SMARTS) is 1. The van der Waals surface area contributed by atoms with Gasteiger partial charge in [-0.25, -0.2) is 4.79 Å². The molecule has 4 aromatic rings. The average molecular weight is 564 g/mol. The molecule has 0 aromatic heterocycles. The van der Waals surface area contributed by atoms with Crippen molar-refractivity contribution in [2.75, 3.05) is 27.3 Å². The standard InChI is InChI=1S/C37H41NO4/c1-26-12-20-33-30(24-26)17-21-32-29(16-13-27-8-5-4-6-9-27)10-7-11-34(32)36(33)38(2)22-23-42-31-18-14-28(15-19-31)25-35(41-3)37(39)40/h4-12,14-15,18-20,24,35-36H,13,16-17,21-23,25H2,1-3H3,(H,39,40). The molecule has 1 N–H and O–H groups in total. The number of aliphatic carboxylic acids is 1. The molecule has 0 saturated carbocycles. The third-order valence-electron chi connectivity index (χ3n) is 8.42. The monoisotopic (exact) mass is 563 g/mol. The van der Waals surface area contributed by atoms with Crippen LogP contribution in [0.3, 0.4) is 0 Å². The van der Waals surface area contributed by atoms with Crippen LogP contribution in [0.4, 0.5) is 0 Å². The molecule has 0 bridgehead atoms. The van der Waals surface area contributed by atoms with Crippen molar-refractivity contribution < 1.29 is 19.4 Å². The van der Waals surface area contributed by atoms with Gasteiger partial charge in [0.15, 0.2) is 6.10 Å². The zero-order valence-electron chi connectivity index (χ0n) is 24.9. The molecular formula is C37H41NO4. The summed E-state index contributed by atoms with van der Waals surface area (Å²) in [6.45, 7) is 3.49. The van der Waals surface area contributed by atoms with Crippen molar-refractivity contribution in [3.63, 3.8) is 0 Å². The van der Waals surface area contributed by atoms with Crippen LogP contribution in [0.2, 0.25) is 0 Å². The maximum atomic E-state index is 11.3. The molecule has 2 atom stereocenters. The van der Waals surface area contributed by atoms with Crippen LogP contribution in [-0.2, 0) is 41.6 Å². The van der Waals surface area contributed by atoms with Gasteiger partial charge in [-0.2, -0.15) is 0 Å². The molecule has 5 nitrogen and oxygen atoms in total. The number of carbonyl (C=O) groups is 1. The number of methoxy groups -OCH3 is 1. The van der Waals surface area contributed by atoms with E-state index in [1.165, 1.54) is 46.1 Å². The Hall–Kier alpha value is -3.93. The summed E-state index contributed by atoms with van der Waals surface area (Å²) in [5, 5.41) is 9.25. The number of hydrogen-bond acceptors (Lipinski definition) is 4. The fourth-order valence-electron chi connectivity index (χ4n) is 6.14. The van der Waals surface area contributed by atoms with Crippen molar-refractivity contribution in [3.05, 3.63) is 136 Å². The molecule has 1 aliphatic rings. The molecule has 0 radical (unpaired) electrons. The van der Waals surface area contributed by atoms with Gasteiger partial charge in [0.25, 0.3) is 0 Å². The molecule has 2 unspecified atom stereocenters. The van der Waals surface area contributed by atoms with Gasteiger partial charge in [-0.1, -0.05) is 84.4 Å². The van der Waals surface area contributed by atoms with Crippen molar-refractivity contribution in [2.45, 2.75) is 51.2 Å². The first-order valence-electron chi connectivity index (χ1n) is 14.8. The molecule has 0 aliphatic heterocycles. The van der Waals surface area contributed by atoms with Crippen molar-refractivity contribution in [1.82, 2.24) is 4.90 Å². The van der Waals surface area contributed by atoms with Crippen molar-refractivity contribution >= 4 is 5.97 Å². The normalized spacial score (nSPS) is 15.0. The number of ether oxygens (including phenoxy) is 2. The third-order valence-corrected chi connectivity index (χ3v) is 8.42. The van der Waals surface area contributed by atoms with Crippen LogP contribution >= 0.6 is 0 Å². The van der Waals surface area contributed by atoms with E-state index in [0.29, 0.717) is 13.0 Å². The van der Waals surface area contributed by atoms with E-state index in [1.807, 2.05) is 24.3 Å². The van der Waals surface area contributed by atoms with E-state index >= 15 is 0 Å². The van der Waals surface area contributed by atoms with E-state index in [0.717, 1.165) is 43.5 Å². The van der Waals surface area contributed by atoms with Crippen molar-refractivity contribution in [3.8, 4) is 5.75 Å². The first-order valence-corrected chi connectivity index (χ1v) is 14.8. The number of nitrogens with zero attached hydrogens (tertiary/aromatic N) is 1. The van der Waals surface area contributed by atoms with Gasteiger partial charge in [0.1, 0.15) is 12.4 Å². The minimum atomic E-state index is -0.957. The fraction of sp³-hybridized carbons (Fsp3) is 0.324. The molecule has 0 fully saturated rings. The molecule has 0 spiro atoms. The van der Waals surface area contributed by atoms with Crippen molar-refractivity contribution in [2.24, 2.45) is 0 Å². The number of likely N-dealkylation sites (N-methyl/N-ethyl adjacent to an activating group) is 1. The second kappa shape index (κ2) is 13.8. The maximum absolute atomic E-state index is 11.3. The lowest BCUT2D eigenvalue weighted by Gasteiger charge is -2.31. The summed E-state index contributed by atoms with van der Waals surface area (Å²) < 4.78 is 11.2. The Morgan fingerprint density at radius 2 is 1.69 bits per heavy atom. The van der Waals surface area contributed by atoms with Gasteiger partial charge in [-0.3, -0.25) is 4.90 Å². The van der Waals surface area contributed by atoms with E-state index < -0.39 is 12.1 Å². The predicted molar refractivity (Wildman–Crippen MR) is 167 cm³/mol. The largest absolute Gasteiger partial charge is 0.492 e. The molecule has 0 amide bonds. The van der Waals surface area contributed by atoms with Crippen LogP contribution in [0, 0.1) is 6.92 Å². The first kappa shape index (κ1) is 29.6. The Kier molecular flexibility index (Phi) is 9.73. The van der Waals surface area contributed by atoms with Crippen LogP contribution in [0.25, 0.3) is 0 Å². The van der Waals surface area contributed by atoms with Gasteiger partial charge in [0.05, 0.1) is 6.04 Å².